The number of thiophene rings is 1. The van der Waals surface area contributed by atoms with Crippen molar-refractivity contribution in [1.82, 2.24) is 10.6 Å². The summed E-state index contributed by atoms with van der Waals surface area (Å²) in [6, 6.07) is 11.2. The largest absolute Gasteiger partial charge is 0.384 e. The van der Waals surface area contributed by atoms with Crippen LogP contribution in [0, 0.1) is 0 Å². The van der Waals surface area contributed by atoms with Crippen molar-refractivity contribution < 1.29 is 14.6 Å². The monoisotopic (exact) mass is 334 g/mol. The number of hydrogen-bond acceptors (Lipinski definition) is 4. The molecule has 6 heteroatoms. The normalized spacial score (nSPS) is 14.7. The Morgan fingerprint density at radius 2 is 2.04 bits per heavy atom. The first kappa shape index (κ1) is 17.5. The van der Waals surface area contributed by atoms with Crippen molar-refractivity contribution >= 4 is 17.4 Å². The maximum absolute atomic E-state index is 11.9. The van der Waals surface area contributed by atoms with E-state index >= 15 is 0 Å². The molecule has 0 saturated heterocycles. The molecular formula is C17H22N2O3S. The van der Waals surface area contributed by atoms with Crippen molar-refractivity contribution in [3.63, 3.8) is 0 Å². The molecule has 0 saturated carbocycles. The van der Waals surface area contributed by atoms with Gasteiger partial charge >= 0.3 is 6.03 Å². The van der Waals surface area contributed by atoms with Crippen LogP contribution < -0.4 is 10.6 Å². The Morgan fingerprint density at radius 3 is 2.65 bits per heavy atom. The number of carbonyl (C=O) groups is 1. The molecule has 2 amide bonds. The SMILES string of the molecule is CO[C@H](CNC(=O)NC[C@](C)(O)c1ccsc1)c1ccccc1. The quantitative estimate of drug-likeness (QED) is 0.729. The van der Waals surface area contributed by atoms with Gasteiger partial charge in [-0.2, -0.15) is 11.3 Å². The Hall–Kier alpha value is -1.89. The van der Waals surface area contributed by atoms with Gasteiger partial charge in [-0.3, -0.25) is 0 Å². The molecule has 2 atom stereocenters. The van der Waals surface area contributed by atoms with Gasteiger partial charge in [0.05, 0.1) is 12.6 Å². The van der Waals surface area contributed by atoms with Crippen LogP contribution in [-0.4, -0.2) is 31.3 Å². The van der Waals surface area contributed by atoms with Crippen molar-refractivity contribution in [1.29, 1.82) is 0 Å². The molecule has 0 aliphatic rings. The fourth-order valence-corrected chi connectivity index (χ4v) is 2.96. The van der Waals surface area contributed by atoms with E-state index in [2.05, 4.69) is 10.6 Å². The minimum atomic E-state index is -1.09. The summed E-state index contributed by atoms with van der Waals surface area (Å²) in [6.07, 6.45) is -0.209. The second-order valence-electron chi connectivity index (χ2n) is 5.48. The summed E-state index contributed by atoms with van der Waals surface area (Å²) in [6.45, 7) is 2.17. The first-order valence-electron chi connectivity index (χ1n) is 7.37. The van der Waals surface area contributed by atoms with Gasteiger partial charge in [0.25, 0.3) is 0 Å². The van der Waals surface area contributed by atoms with Crippen molar-refractivity contribution in [2.45, 2.75) is 18.6 Å². The first-order valence-corrected chi connectivity index (χ1v) is 8.31. The zero-order valence-electron chi connectivity index (χ0n) is 13.3. The van der Waals surface area contributed by atoms with Crippen LogP contribution in [0.25, 0.3) is 0 Å². The Balaban J connectivity index is 1.81. The van der Waals surface area contributed by atoms with Gasteiger partial charge < -0.3 is 20.5 Å². The van der Waals surface area contributed by atoms with E-state index in [1.54, 1.807) is 14.0 Å². The van der Waals surface area contributed by atoms with Gasteiger partial charge in [-0.05, 0) is 34.9 Å². The topological polar surface area (TPSA) is 70.6 Å². The summed E-state index contributed by atoms with van der Waals surface area (Å²) < 4.78 is 5.40. The van der Waals surface area contributed by atoms with Crippen LogP contribution >= 0.6 is 11.3 Å². The van der Waals surface area contributed by atoms with Crippen molar-refractivity contribution in [2.24, 2.45) is 0 Å². The third-order valence-corrected chi connectivity index (χ3v) is 4.32. The number of carbonyl (C=O) groups excluding carboxylic acids is 1. The number of ether oxygens (including phenoxy) is 1. The molecule has 0 radical (unpaired) electrons. The molecule has 0 spiro atoms. The lowest BCUT2D eigenvalue weighted by atomic mass is 9.99. The van der Waals surface area contributed by atoms with Gasteiger partial charge in [-0.15, -0.1) is 0 Å². The summed E-state index contributed by atoms with van der Waals surface area (Å²) in [5, 5.41) is 19.6. The Labute approximate surface area is 140 Å². The van der Waals surface area contributed by atoms with Crippen molar-refractivity contribution in [3.05, 3.63) is 58.3 Å². The number of nitrogens with one attached hydrogen (secondary N) is 2. The van der Waals surface area contributed by atoms with E-state index < -0.39 is 5.60 Å². The van der Waals surface area contributed by atoms with Crippen LogP contribution in [0.15, 0.2) is 47.2 Å². The highest BCUT2D eigenvalue weighted by molar-refractivity contribution is 7.08. The number of benzene rings is 1. The van der Waals surface area contributed by atoms with E-state index in [0.717, 1.165) is 11.1 Å². The highest BCUT2D eigenvalue weighted by Crippen LogP contribution is 2.22. The molecule has 0 fully saturated rings. The van der Waals surface area contributed by atoms with Crippen LogP contribution in [0.1, 0.15) is 24.2 Å². The van der Waals surface area contributed by atoms with Crippen LogP contribution in [0.5, 0.6) is 0 Å². The van der Waals surface area contributed by atoms with Crippen LogP contribution in [0.4, 0.5) is 4.79 Å². The Morgan fingerprint density at radius 1 is 1.30 bits per heavy atom. The lowest BCUT2D eigenvalue weighted by molar-refractivity contribution is 0.0593. The predicted octanol–water partition coefficient (Wildman–Crippen LogP) is 2.64. The van der Waals surface area contributed by atoms with Crippen LogP contribution in [0.2, 0.25) is 0 Å². The Bertz CT molecular complexity index is 600. The average molecular weight is 334 g/mol. The van der Waals surface area contributed by atoms with E-state index in [9.17, 15) is 9.90 Å². The van der Waals surface area contributed by atoms with E-state index in [0.29, 0.717) is 6.54 Å². The molecule has 5 nitrogen and oxygen atoms in total. The second-order valence-corrected chi connectivity index (χ2v) is 6.26. The molecule has 1 aromatic heterocycles. The molecule has 0 bridgehead atoms. The minimum absolute atomic E-state index is 0.137. The summed E-state index contributed by atoms with van der Waals surface area (Å²) in [5.74, 6) is 0. The third kappa shape index (κ3) is 5.06. The number of aliphatic hydroxyl groups is 1. The molecule has 1 aromatic carbocycles. The molecule has 2 aromatic rings. The van der Waals surface area contributed by atoms with Crippen LogP contribution in [0.3, 0.4) is 0 Å². The molecule has 3 N–H and O–H groups in total. The zero-order valence-corrected chi connectivity index (χ0v) is 14.1. The van der Waals surface area contributed by atoms with Crippen LogP contribution in [-0.2, 0) is 10.3 Å². The van der Waals surface area contributed by atoms with Gasteiger partial charge in [-0.1, -0.05) is 30.3 Å². The molecule has 23 heavy (non-hydrogen) atoms. The highest BCUT2D eigenvalue weighted by Gasteiger charge is 2.24. The maximum Gasteiger partial charge on any atom is 0.315 e. The fraction of sp³-hybridized carbons (Fsp3) is 0.353. The van der Waals surface area contributed by atoms with Gasteiger partial charge in [0.1, 0.15) is 5.60 Å². The summed E-state index contributed by atoms with van der Waals surface area (Å²) in [4.78, 5) is 11.9. The standard InChI is InChI=1S/C17H22N2O3S/c1-17(21,14-8-9-23-11-14)12-19-16(20)18-10-15(22-2)13-6-4-3-5-7-13/h3-9,11,15,21H,10,12H2,1-2H3,(H2,18,19,20)/t15-,17+/m1/s1. The summed E-state index contributed by atoms with van der Waals surface area (Å²) >= 11 is 1.51. The molecule has 0 aliphatic heterocycles. The molecule has 0 aliphatic carbocycles. The van der Waals surface area contributed by atoms with Gasteiger partial charge in [0.2, 0.25) is 0 Å². The number of methoxy groups -OCH3 is 1. The van der Waals surface area contributed by atoms with E-state index in [1.165, 1.54) is 11.3 Å². The van der Waals surface area contributed by atoms with Gasteiger partial charge in [0, 0.05) is 13.7 Å². The third-order valence-electron chi connectivity index (χ3n) is 3.64. The Kier molecular flexibility index (Phi) is 6.15. The number of urea groups is 1. The van der Waals surface area contributed by atoms with Gasteiger partial charge in [0.15, 0.2) is 0 Å². The summed E-state index contributed by atoms with van der Waals surface area (Å²) in [7, 11) is 1.61. The predicted molar refractivity (Wildman–Crippen MR) is 91.5 cm³/mol. The zero-order chi connectivity index (χ0) is 16.7. The molecule has 1 heterocycles. The average Bonchev–Trinajstić information content (AvgIpc) is 3.10. The fourth-order valence-electron chi connectivity index (χ4n) is 2.18. The smallest absolute Gasteiger partial charge is 0.315 e. The van der Waals surface area contributed by atoms with E-state index in [-0.39, 0.29) is 18.7 Å². The number of amides is 2. The second kappa shape index (κ2) is 8.10. The summed E-state index contributed by atoms with van der Waals surface area (Å²) in [5.41, 5.74) is 0.708. The minimum Gasteiger partial charge on any atom is -0.384 e. The van der Waals surface area contributed by atoms with Crippen molar-refractivity contribution in [3.8, 4) is 0 Å². The lowest BCUT2D eigenvalue weighted by Crippen LogP contribution is -2.44. The molecule has 2 rings (SSSR count). The maximum atomic E-state index is 11.9. The number of hydrogen-bond donors (Lipinski definition) is 3. The molecular weight excluding hydrogens is 312 g/mol. The van der Waals surface area contributed by atoms with Crippen molar-refractivity contribution in [2.75, 3.05) is 20.2 Å². The van der Waals surface area contributed by atoms with E-state index in [4.69, 9.17) is 4.74 Å². The van der Waals surface area contributed by atoms with Gasteiger partial charge in [-0.25, -0.2) is 4.79 Å². The lowest BCUT2D eigenvalue weighted by Gasteiger charge is -2.23. The molecule has 0 unspecified atom stereocenters. The molecule has 124 valence electrons. The highest BCUT2D eigenvalue weighted by atomic mass is 32.1. The van der Waals surface area contributed by atoms with E-state index in [1.807, 2.05) is 47.2 Å². The number of rotatable bonds is 7. The first-order chi connectivity index (χ1) is 11.0.